The normalized spacial score (nSPS) is 18.6. The molecular formula is C21H29FN4O5. The van der Waals surface area contributed by atoms with Crippen molar-refractivity contribution in [3.63, 3.8) is 0 Å². The van der Waals surface area contributed by atoms with Crippen LogP contribution < -0.4 is 10.1 Å². The van der Waals surface area contributed by atoms with Crippen LogP contribution in [-0.4, -0.2) is 77.7 Å². The van der Waals surface area contributed by atoms with Crippen LogP contribution in [0.4, 0.5) is 9.18 Å². The summed E-state index contributed by atoms with van der Waals surface area (Å²) >= 11 is 0. The molecule has 0 aliphatic carbocycles. The van der Waals surface area contributed by atoms with Gasteiger partial charge >= 0.3 is 6.09 Å². The molecule has 1 aliphatic rings. The van der Waals surface area contributed by atoms with E-state index in [1.165, 1.54) is 7.11 Å². The van der Waals surface area contributed by atoms with Crippen LogP contribution >= 0.6 is 0 Å². The Hall–Kier alpha value is -2.56. The number of hydrogen-bond acceptors (Lipinski definition) is 8. The minimum absolute atomic E-state index is 0.0822. The van der Waals surface area contributed by atoms with Crippen molar-refractivity contribution in [3.05, 3.63) is 29.7 Å². The van der Waals surface area contributed by atoms with Gasteiger partial charge < -0.3 is 24.6 Å². The molecule has 0 bridgehead atoms. The summed E-state index contributed by atoms with van der Waals surface area (Å²) in [6, 6.07) is 3.30. The van der Waals surface area contributed by atoms with Crippen molar-refractivity contribution in [2.75, 3.05) is 39.9 Å². The number of fused-ring (bicyclic) bond motifs is 1. The fourth-order valence-electron chi connectivity index (χ4n) is 3.39. The van der Waals surface area contributed by atoms with E-state index in [9.17, 15) is 14.3 Å². The zero-order valence-corrected chi connectivity index (χ0v) is 18.2. The molecule has 10 heteroatoms. The molecule has 1 fully saturated rings. The second-order valence-electron chi connectivity index (χ2n) is 8.39. The van der Waals surface area contributed by atoms with Gasteiger partial charge in [0, 0.05) is 37.8 Å². The molecule has 2 aromatic rings. The number of halogens is 1. The first-order valence-corrected chi connectivity index (χ1v) is 10.1. The third kappa shape index (κ3) is 6.22. The van der Waals surface area contributed by atoms with E-state index in [2.05, 4.69) is 15.3 Å². The molecule has 170 valence electrons. The molecule has 0 saturated carbocycles. The molecule has 1 saturated heterocycles. The number of aromatic nitrogens is 2. The predicted octanol–water partition coefficient (Wildman–Crippen LogP) is 2.04. The van der Waals surface area contributed by atoms with E-state index in [1.807, 2.05) is 4.90 Å². The number of hydrogen-bond donors (Lipinski definition) is 2. The monoisotopic (exact) mass is 436 g/mol. The Labute approximate surface area is 180 Å². The fraction of sp³-hybridized carbons (Fsp3) is 0.571. The summed E-state index contributed by atoms with van der Waals surface area (Å²) in [5, 5.41) is 13.5. The molecule has 1 amide bonds. The van der Waals surface area contributed by atoms with E-state index in [0.717, 1.165) is 6.20 Å². The van der Waals surface area contributed by atoms with Gasteiger partial charge in [-0.05, 0) is 26.8 Å². The Morgan fingerprint density at radius 1 is 1.45 bits per heavy atom. The van der Waals surface area contributed by atoms with Crippen molar-refractivity contribution in [2.45, 2.75) is 38.6 Å². The van der Waals surface area contributed by atoms with Gasteiger partial charge in [0.25, 0.3) is 0 Å². The van der Waals surface area contributed by atoms with Crippen molar-refractivity contribution in [2.24, 2.45) is 0 Å². The summed E-state index contributed by atoms with van der Waals surface area (Å²) in [7, 11) is 1.47. The molecule has 31 heavy (non-hydrogen) atoms. The smallest absolute Gasteiger partial charge is 0.407 e. The van der Waals surface area contributed by atoms with Gasteiger partial charge in [0.1, 0.15) is 16.9 Å². The van der Waals surface area contributed by atoms with E-state index in [-0.39, 0.29) is 30.3 Å². The van der Waals surface area contributed by atoms with Gasteiger partial charge in [-0.1, -0.05) is 0 Å². The molecule has 9 nitrogen and oxygen atoms in total. The molecule has 2 aromatic heterocycles. The lowest BCUT2D eigenvalue weighted by Gasteiger charge is -2.34. The van der Waals surface area contributed by atoms with Crippen LogP contribution in [0.5, 0.6) is 5.88 Å². The third-order valence-electron chi connectivity index (χ3n) is 4.75. The van der Waals surface area contributed by atoms with Crippen LogP contribution in [0.25, 0.3) is 11.0 Å². The molecule has 0 radical (unpaired) electrons. The number of ether oxygens (including phenoxy) is 3. The maximum Gasteiger partial charge on any atom is 0.407 e. The van der Waals surface area contributed by atoms with Gasteiger partial charge in [-0.25, -0.2) is 14.2 Å². The molecule has 1 aliphatic heterocycles. The molecule has 2 N–H and O–H groups in total. The van der Waals surface area contributed by atoms with E-state index < -0.39 is 23.6 Å². The highest BCUT2D eigenvalue weighted by atomic mass is 19.1. The number of amides is 1. The van der Waals surface area contributed by atoms with Gasteiger partial charge in [0.15, 0.2) is 0 Å². The van der Waals surface area contributed by atoms with Crippen LogP contribution in [0.2, 0.25) is 0 Å². The summed E-state index contributed by atoms with van der Waals surface area (Å²) in [6.45, 7) is 7.29. The van der Waals surface area contributed by atoms with Crippen LogP contribution in [0.3, 0.4) is 0 Å². The highest BCUT2D eigenvalue weighted by Crippen LogP contribution is 2.27. The first-order chi connectivity index (χ1) is 14.7. The Bertz CT molecular complexity index is 921. The fourth-order valence-corrected chi connectivity index (χ4v) is 3.39. The average molecular weight is 436 g/mol. The summed E-state index contributed by atoms with van der Waals surface area (Å²) in [5.74, 6) is -0.315. The maximum atomic E-state index is 14.6. The number of methoxy groups -OCH3 is 1. The SMILES string of the molecule is COc1ccc2ncc(F)c(C(O)CN3CCO[C@H](CNC(=O)OC(C)(C)C)C3)c2n1. The number of carbonyl (C=O) groups excluding carboxylic acids is 1. The minimum atomic E-state index is -1.12. The largest absolute Gasteiger partial charge is 0.481 e. The summed E-state index contributed by atoms with van der Waals surface area (Å²) in [6.07, 6.45) is -0.825. The molecule has 0 spiro atoms. The first-order valence-electron chi connectivity index (χ1n) is 10.1. The quantitative estimate of drug-likeness (QED) is 0.709. The standard InChI is InChI=1S/C21H29FN4O5/c1-21(2,3)31-20(28)24-9-13-11-26(7-8-30-13)12-16(27)18-14(22)10-23-15-5-6-17(29-4)25-19(15)18/h5-6,10,13,16,27H,7-9,11-12H2,1-4H3,(H,24,28)/t13-,16?/m1/s1. The predicted molar refractivity (Wildman–Crippen MR) is 111 cm³/mol. The summed E-state index contributed by atoms with van der Waals surface area (Å²) in [5.41, 5.74) is 0.238. The number of aliphatic hydroxyl groups excluding tert-OH is 1. The van der Waals surface area contributed by atoms with Crippen molar-refractivity contribution >= 4 is 17.1 Å². The second kappa shape index (κ2) is 9.71. The van der Waals surface area contributed by atoms with Crippen molar-refractivity contribution in [1.29, 1.82) is 0 Å². The van der Waals surface area contributed by atoms with Gasteiger partial charge in [-0.3, -0.25) is 9.88 Å². The lowest BCUT2D eigenvalue weighted by Crippen LogP contribution is -2.49. The van der Waals surface area contributed by atoms with Gasteiger partial charge in [-0.2, -0.15) is 0 Å². The number of alkyl carbamates (subject to hydrolysis) is 1. The minimum Gasteiger partial charge on any atom is -0.481 e. The lowest BCUT2D eigenvalue weighted by atomic mass is 10.1. The molecule has 3 rings (SSSR count). The van der Waals surface area contributed by atoms with E-state index in [1.54, 1.807) is 32.9 Å². The van der Waals surface area contributed by atoms with Crippen molar-refractivity contribution in [1.82, 2.24) is 20.2 Å². The third-order valence-corrected chi connectivity index (χ3v) is 4.75. The average Bonchev–Trinajstić information content (AvgIpc) is 2.70. The van der Waals surface area contributed by atoms with Gasteiger partial charge in [-0.15, -0.1) is 0 Å². The van der Waals surface area contributed by atoms with E-state index in [4.69, 9.17) is 14.2 Å². The Morgan fingerprint density at radius 2 is 2.23 bits per heavy atom. The zero-order valence-electron chi connectivity index (χ0n) is 18.2. The molecule has 0 aromatic carbocycles. The number of nitrogens with one attached hydrogen (secondary N) is 1. The first kappa shape index (κ1) is 23.1. The number of carbonyl (C=O) groups is 1. The van der Waals surface area contributed by atoms with Gasteiger partial charge in [0.05, 0.1) is 37.6 Å². The molecule has 1 unspecified atom stereocenters. The summed E-state index contributed by atoms with van der Waals surface area (Å²) < 4.78 is 30.6. The molecular weight excluding hydrogens is 407 g/mol. The molecule has 3 heterocycles. The van der Waals surface area contributed by atoms with Crippen LogP contribution in [0, 0.1) is 5.82 Å². The van der Waals surface area contributed by atoms with Crippen LogP contribution in [0.15, 0.2) is 18.3 Å². The van der Waals surface area contributed by atoms with Gasteiger partial charge in [0.2, 0.25) is 5.88 Å². The second-order valence-corrected chi connectivity index (χ2v) is 8.39. The van der Waals surface area contributed by atoms with E-state index in [0.29, 0.717) is 31.1 Å². The number of β-amino-alcohol motifs (C(OH)–C–C–N with tert-alkyl or cyclic N) is 1. The Morgan fingerprint density at radius 3 is 2.94 bits per heavy atom. The topological polar surface area (TPSA) is 106 Å². The lowest BCUT2D eigenvalue weighted by molar-refractivity contribution is -0.0406. The van der Waals surface area contributed by atoms with E-state index >= 15 is 0 Å². The van der Waals surface area contributed by atoms with Crippen molar-refractivity contribution in [3.8, 4) is 5.88 Å². The Balaban J connectivity index is 1.64. The number of morpholine rings is 1. The Kier molecular flexibility index (Phi) is 7.24. The number of nitrogens with zero attached hydrogens (tertiary/aromatic N) is 3. The highest BCUT2D eigenvalue weighted by molar-refractivity contribution is 5.78. The molecule has 2 atom stereocenters. The van der Waals surface area contributed by atoms with Crippen LogP contribution in [-0.2, 0) is 9.47 Å². The maximum absolute atomic E-state index is 14.6. The van der Waals surface area contributed by atoms with Crippen LogP contribution in [0.1, 0.15) is 32.4 Å². The zero-order chi connectivity index (χ0) is 22.6. The number of aliphatic hydroxyl groups is 1. The highest BCUT2D eigenvalue weighted by Gasteiger charge is 2.27. The number of pyridine rings is 2. The van der Waals surface area contributed by atoms with Crippen molar-refractivity contribution < 1.29 is 28.5 Å². The number of rotatable bonds is 6. The summed E-state index contributed by atoms with van der Waals surface area (Å²) in [4.78, 5) is 22.1.